The molecule has 0 bridgehead atoms. The van der Waals surface area contributed by atoms with Crippen LogP contribution in [-0.4, -0.2) is 53.2 Å². The summed E-state index contributed by atoms with van der Waals surface area (Å²) < 4.78 is 62.8. The van der Waals surface area contributed by atoms with Gasteiger partial charge in [0.2, 0.25) is 0 Å². The zero-order chi connectivity index (χ0) is 23.8. The maximum Gasteiger partial charge on any atom is 1.00 e. The van der Waals surface area contributed by atoms with Crippen LogP contribution >= 0.6 is 0 Å². The summed E-state index contributed by atoms with van der Waals surface area (Å²) in [5, 5.41) is 14.3. The molecule has 8 nitrogen and oxygen atoms in total. The van der Waals surface area contributed by atoms with Gasteiger partial charge in [0, 0.05) is 11.1 Å². The van der Waals surface area contributed by atoms with Crippen LogP contribution in [0.5, 0.6) is 0 Å². The average molecular weight is 522 g/mol. The number of carbonyl (C=O) groups is 1. The molecule has 1 aliphatic heterocycles. The van der Waals surface area contributed by atoms with Gasteiger partial charge in [-0.3, -0.25) is 0 Å². The maximum atomic E-state index is 11.2. The van der Waals surface area contributed by atoms with E-state index in [-0.39, 0.29) is 17.2 Å². The van der Waals surface area contributed by atoms with Crippen molar-refractivity contribution in [3.63, 3.8) is 0 Å². The summed E-state index contributed by atoms with van der Waals surface area (Å²) in [4.78, 5) is 10.7. The molecule has 1 saturated heterocycles. The van der Waals surface area contributed by atoms with Crippen molar-refractivity contribution in [2.45, 2.75) is 65.0 Å². The Morgan fingerprint density at radius 2 is 1.52 bits per heavy atom. The number of anilines is 1. The van der Waals surface area contributed by atoms with Crippen molar-refractivity contribution < 1.29 is 45.9 Å². The van der Waals surface area contributed by atoms with Crippen LogP contribution < -0.4 is 15.0 Å². The Bertz CT molecular complexity index is 719. The number of halogens is 4. The molecule has 1 fully saturated rings. The third-order valence-corrected chi connectivity index (χ3v) is 6.36. The Hall–Kier alpha value is -1.37. The van der Waals surface area contributed by atoms with Crippen LogP contribution in [0.4, 0.5) is 23.0 Å². The molecule has 1 atom stereocenters. The summed E-state index contributed by atoms with van der Waals surface area (Å²) in [6.45, 7) is 10.5. The second-order valence-corrected chi connectivity index (χ2v) is 11.7. The van der Waals surface area contributed by atoms with E-state index in [9.17, 15) is 25.8 Å². The normalized spacial score (nSPS) is 18.5. The number of carbonyl (C=O) groups excluding carboxylic acids is 1. The summed E-state index contributed by atoms with van der Waals surface area (Å²) in [5.74, 6) is -0.237. The van der Waals surface area contributed by atoms with Crippen LogP contribution in [0, 0.1) is 0 Å². The van der Waals surface area contributed by atoms with Gasteiger partial charge in [-0.2, -0.15) is 0 Å². The van der Waals surface area contributed by atoms with Gasteiger partial charge in [-0.05, 0) is 47.0 Å². The smallest absolute Gasteiger partial charge is 0.418 e. The molecule has 0 saturated carbocycles. The number of hydrogen-bond donors (Lipinski definition) is 4. The van der Waals surface area contributed by atoms with E-state index in [4.69, 9.17) is 9.35 Å². The van der Waals surface area contributed by atoms with Gasteiger partial charge in [0.15, 0.2) is 0 Å². The van der Waals surface area contributed by atoms with Crippen LogP contribution in [0.2, 0.25) is 0 Å². The van der Waals surface area contributed by atoms with Crippen molar-refractivity contribution in [2.24, 2.45) is 0 Å². The van der Waals surface area contributed by atoms with Crippen molar-refractivity contribution >= 4 is 37.4 Å². The third-order valence-electron chi connectivity index (χ3n) is 3.90. The minimum Gasteiger partial charge on any atom is -0.418 e. The molecule has 2 rings (SSSR count). The SMILES string of the molecule is CC(=O)Nc1ccc([As](=O)(O)OO)cc1.CC1(C)CCCC(C)(C)N1.F[B-](F)(F)F.O.[H+]. The molecule has 14 heteroatoms. The number of rotatable bonds is 3. The summed E-state index contributed by atoms with van der Waals surface area (Å²) in [6, 6.07) is 5.50. The van der Waals surface area contributed by atoms with Gasteiger partial charge in [0.1, 0.15) is 0 Å². The van der Waals surface area contributed by atoms with Crippen molar-refractivity contribution in [1.29, 1.82) is 0 Å². The molecule has 1 aliphatic rings. The topological polar surface area (TPSA) is 139 Å². The largest absolute Gasteiger partial charge is 1.00 e. The second kappa shape index (κ2) is 12.6. The minimum absolute atomic E-state index is 0. The van der Waals surface area contributed by atoms with E-state index in [2.05, 4.69) is 42.2 Å². The van der Waals surface area contributed by atoms with E-state index >= 15 is 0 Å². The standard InChI is InChI=1S/C9H19N.C8H10AsNO5.BF4.H2O/c1-8(2)6-5-7-9(3,4)10-8;1-6(11)10-8-4-2-7(3-5-8)9(12,13)15-14;2-1(3,4)5;/h10H,5-7H2,1-4H3;2-5,14H,1H3,(H,10,11)(H,12,13);;1H2/q;;-1;/p+1. The number of benzene rings is 1. The van der Waals surface area contributed by atoms with E-state index in [1.165, 1.54) is 50.5 Å². The number of nitrogens with one attached hydrogen (secondary N) is 2. The van der Waals surface area contributed by atoms with Gasteiger partial charge in [-0.25, -0.2) is 0 Å². The average Bonchev–Trinajstić information content (AvgIpc) is 2.51. The zero-order valence-electron chi connectivity index (χ0n) is 19.1. The first-order chi connectivity index (χ1) is 13.4. The number of hydrogen-bond acceptors (Lipinski definition) is 5. The first-order valence-electron chi connectivity index (χ1n) is 9.08. The van der Waals surface area contributed by atoms with Crippen molar-refractivity contribution in [3.8, 4) is 0 Å². The maximum absolute atomic E-state index is 11.2. The molecule has 0 aliphatic carbocycles. The predicted octanol–water partition coefficient (Wildman–Crippen LogP) is 2.61. The van der Waals surface area contributed by atoms with E-state index in [1.807, 2.05) is 0 Å². The molecule has 1 aromatic carbocycles. The summed E-state index contributed by atoms with van der Waals surface area (Å²) in [5.41, 5.74) is 1.23. The Morgan fingerprint density at radius 3 is 1.77 bits per heavy atom. The van der Waals surface area contributed by atoms with Crippen molar-refractivity contribution in [1.82, 2.24) is 5.32 Å². The molecular weight excluding hydrogens is 490 g/mol. The van der Waals surface area contributed by atoms with Crippen molar-refractivity contribution in [2.75, 3.05) is 5.32 Å². The molecule has 0 spiro atoms. The Kier molecular flexibility index (Phi) is 12.9. The minimum atomic E-state index is -6.00. The second-order valence-electron chi connectivity index (χ2n) is 8.07. The Labute approximate surface area is 183 Å². The molecule has 182 valence electrons. The molecule has 1 unspecified atom stereocenters. The molecular formula is C17H32AsBF4N2O6. The summed E-state index contributed by atoms with van der Waals surface area (Å²) >= 11 is -4.76. The fraction of sp³-hybridized carbons (Fsp3) is 0.588. The summed E-state index contributed by atoms with van der Waals surface area (Å²) in [7, 11) is -6.00. The zero-order valence-corrected chi connectivity index (χ0v) is 20.0. The van der Waals surface area contributed by atoms with Gasteiger partial charge < -0.3 is 28.1 Å². The van der Waals surface area contributed by atoms with Gasteiger partial charge in [-0.15, -0.1) is 0 Å². The monoisotopic (exact) mass is 522 g/mol. The fourth-order valence-electron chi connectivity index (χ4n) is 3.00. The first kappa shape index (κ1) is 31.8. The number of amides is 1. The van der Waals surface area contributed by atoms with Gasteiger partial charge in [0.05, 0.1) is 0 Å². The van der Waals surface area contributed by atoms with Crippen LogP contribution in [0.1, 0.15) is 55.3 Å². The molecule has 0 aromatic heterocycles. The summed E-state index contributed by atoms with van der Waals surface area (Å²) in [6.07, 6.45) is 4.00. The van der Waals surface area contributed by atoms with E-state index < -0.39 is 21.4 Å². The molecule has 1 amide bonds. The van der Waals surface area contributed by atoms with E-state index in [1.54, 1.807) is 0 Å². The van der Waals surface area contributed by atoms with Gasteiger partial charge in [0.25, 0.3) is 0 Å². The quantitative estimate of drug-likeness (QED) is 0.208. The predicted molar refractivity (Wildman–Crippen MR) is 113 cm³/mol. The van der Waals surface area contributed by atoms with Gasteiger partial charge in [-0.1, -0.05) is 0 Å². The fourth-order valence-corrected chi connectivity index (χ4v) is 4.30. The van der Waals surface area contributed by atoms with Crippen LogP contribution in [0.3, 0.4) is 0 Å². The van der Waals surface area contributed by atoms with E-state index in [0.717, 1.165) is 0 Å². The van der Waals surface area contributed by atoms with Crippen molar-refractivity contribution in [3.05, 3.63) is 24.3 Å². The third kappa shape index (κ3) is 16.0. The van der Waals surface area contributed by atoms with E-state index in [0.29, 0.717) is 16.8 Å². The molecule has 0 radical (unpaired) electrons. The Morgan fingerprint density at radius 1 is 1.13 bits per heavy atom. The van der Waals surface area contributed by atoms with Crippen LogP contribution in [0.25, 0.3) is 0 Å². The molecule has 1 aromatic rings. The molecule has 31 heavy (non-hydrogen) atoms. The molecule has 1 heterocycles. The number of piperidine rings is 1. The Balaban J connectivity index is -0.000000431. The molecule has 6 N–H and O–H groups in total. The first-order valence-corrected chi connectivity index (χ1v) is 12.4. The van der Waals surface area contributed by atoms with Crippen LogP contribution in [-0.2, 0) is 12.4 Å². The van der Waals surface area contributed by atoms with Crippen LogP contribution in [0.15, 0.2) is 24.3 Å². The van der Waals surface area contributed by atoms with Gasteiger partial charge >= 0.3 is 97.1 Å².